The van der Waals surface area contributed by atoms with Crippen LogP contribution in [0.2, 0.25) is 0 Å². The molecule has 0 aliphatic carbocycles. The summed E-state index contributed by atoms with van der Waals surface area (Å²) in [6.45, 7) is 7.30. The van der Waals surface area contributed by atoms with Gasteiger partial charge in [0, 0.05) is 39.4 Å². The van der Waals surface area contributed by atoms with Crippen LogP contribution in [0.3, 0.4) is 0 Å². The van der Waals surface area contributed by atoms with Crippen LogP contribution in [-0.2, 0) is 9.47 Å². The average Bonchev–Trinajstić information content (AvgIpc) is 2.30. The fraction of sp³-hybridized carbons (Fsp3) is 1.00. The van der Waals surface area contributed by atoms with Gasteiger partial charge < -0.3 is 19.7 Å². The smallest absolute Gasteiger partial charge is 0.0928 e. The first-order valence-electron chi connectivity index (χ1n) is 6.53. The number of rotatable bonds is 6. The van der Waals surface area contributed by atoms with Gasteiger partial charge in [-0.1, -0.05) is 6.92 Å². The predicted molar refractivity (Wildman–Crippen MR) is 70.3 cm³/mol. The molecule has 102 valence electrons. The molecule has 0 saturated carbocycles. The van der Waals surface area contributed by atoms with E-state index in [1.807, 2.05) is 0 Å². The first-order chi connectivity index (χ1) is 8.08. The SMILES string of the molecule is COCC(CNC1CC(C)N(C)CC1C)OC. The zero-order valence-electron chi connectivity index (χ0n) is 11.9. The van der Waals surface area contributed by atoms with Gasteiger partial charge in [0.25, 0.3) is 0 Å². The van der Waals surface area contributed by atoms with Crippen LogP contribution >= 0.6 is 0 Å². The van der Waals surface area contributed by atoms with Crippen molar-refractivity contribution in [3.63, 3.8) is 0 Å². The Morgan fingerprint density at radius 3 is 2.65 bits per heavy atom. The third-order valence-corrected chi connectivity index (χ3v) is 3.90. The summed E-state index contributed by atoms with van der Waals surface area (Å²) in [4.78, 5) is 2.44. The summed E-state index contributed by atoms with van der Waals surface area (Å²) in [5.41, 5.74) is 0. The van der Waals surface area contributed by atoms with Crippen LogP contribution in [0, 0.1) is 5.92 Å². The summed E-state index contributed by atoms with van der Waals surface area (Å²) in [6.07, 6.45) is 1.36. The van der Waals surface area contributed by atoms with Crippen LogP contribution in [0.5, 0.6) is 0 Å². The Morgan fingerprint density at radius 2 is 2.06 bits per heavy atom. The maximum Gasteiger partial charge on any atom is 0.0928 e. The molecule has 0 aromatic heterocycles. The van der Waals surface area contributed by atoms with Crippen LogP contribution in [-0.4, -0.2) is 64.1 Å². The van der Waals surface area contributed by atoms with Gasteiger partial charge in [0.2, 0.25) is 0 Å². The van der Waals surface area contributed by atoms with Gasteiger partial charge in [-0.2, -0.15) is 0 Å². The molecule has 0 aromatic carbocycles. The van der Waals surface area contributed by atoms with Gasteiger partial charge in [0.05, 0.1) is 12.7 Å². The Balaban J connectivity index is 2.35. The van der Waals surface area contributed by atoms with Crippen molar-refractivity contribution < 1.29 is 9.47 Å². The summed E-state index contributed by atoms with van der Waals surface area (Å²) in [6, 6.07) is 1.25. The molecule has 1 rings (SSSR count). The van der Waals surface area contributed by atoms with Gasteiger partial charge in [0.15, 0.2) is 0 Å². The van der Waals surface area contributed by atoms with Gasteiger partial charge in [-0.25, -0.2) is 0 Å². The second kappa shape index (κ2) is 7.31. The predicted octanol–water partition coefficient (Wildman–Crippen LogP) is 0.966. The Hall–Kier alpha value is -0.160. The minimum atomic E-state index is 0.155. The molecule has 1 saturated heterocycles. The monoisotopic (exact) mass is 244 g/mol. The molecule has 1 heterocycles. The largest absolute Gasteiger partial charge is 0.382 e. The first kappa shape index (κ1) is 14.9. The fourth-order valence-electron chi connectivity index (χ4n) is 2.50. The van der Waals surface area contributed by atoms with Crippen molar-refractivity contribution in [2.45, 2.75) is 38.5 Å². The molecule has 4 unspecified atom stereocenters. The zero-order valence-corrected chi connectivity index (χ0v) is 11.9. The lowest BCUT2D eigenvalue weighted by atomic mass is 9.90. The van der Waals surface area contributed by atoms with Crippen molar-refractivity contribution in [3.05, 3.63) is 0 Å². The molecule has 1 aliphatic heterocycles. The van der Waals surface area contributed by atoms with E-state index < -0.39 is 0 Å². The van der Waals surface area contributed by atoms with Gasteiger partial charge in [-0.15, -0.1) is 0 Å². The van der Waals surface area contributed by atoms with Crippen LogP contribution in [0.25, 0.3) is 0 Å². The van der Waals surface area contributed by atoms with Crippen molar-refractivity contribution >= 4 is 0 Å². The highest BCUT2D eigenvalue weighted by Gasteiger charge is 2.28. The number of hydrogen-bond donors (Lipinski definition) is 1. The summed E-state index contributed by atoms with van der Waals surface area (Å²) in [7, 11) is 5.67. The molecule has 1 aliphatic rings. The summed E-state index contributed by atoms with van der Waals surface area (Å²) in [5, 5.41) is 3.63. The number of piperidine rings is 1. The van der Waals surface area contributed by atoms with E-state index in [-0.39, 0.29) is 6.10 Å². The van der Waals surface area contributed by atoms with E-state index in [0.717, 1.165) is 6.54 Å². The topological polar surface area (TPSA) is 33.7 Å². The molecule has 0 spiro atoms. The molecule has 4 heteroatoms. The minimum absolute atomic E-state index is 0.155. The number of hydrogen-bond acceptors (Lipinski definition) is 4. The van der Waals surface area contributed by atoms with E-state index in [9.17, 15) is 0 Å². The molecule has 4 nitrogen and oxygen atoms in total. The lowest BCUT2D eigenvalue weighted by Crippen LogP contribution is -2.52. The normalized spacial score (nSPS) is 32.6. The quantitative estimate of drug-likeness (QED) is 0.755. The van der Waals surface area contributed by atoms with Crippen LogP contribution in [0.4, 0.5) is 0 Å². The molecule has 0 amide bonds. The third-order valence-electron chi connectivity index (χ3n) is 3.90. The standard InChI is InChI=1S/C13H28N2O2/c1-10-8-15(3)11(2)6-13(10)14-7-12(17-5)9-16-4/h10-14H,6-9H2,1-5H3. The molecular formula is C13H28N2O2. The van der Waals surface area contributed by atoms with Crippen molar-refractivity contribution in [1.29, 1.82) is 0 Å². The average molecular weight is 244 g/mol. The molecule has 1 N–H and O–H groups in total. The zero-order chi connectivity index (χ0) is 12.8. The third kappa shape index (κ3) is 4.54. The Bertz CT molecular complexity index is 214. The van der Waals surface area contributed by atoms with E-state index in [1.165, 1.54) is 13.0 Å². The van der Waals surface area contributed by atoms with Crippen molar-refractivity contribution in [1.82, 2.24) is 10.2 Å². The summed E-state index contributed by atoms with van der Waals surface area (Å²) >= 11 is 0. The summed E-state index contributed by atoms with van der Waals surface area (Å²) in [5.74, 6) is 0.691. The van der Waals surface area contributed by atoms with Crippen LogP contribution in [0.1, 0.15) is 20.3 Å². The van der Waals surface area contributed by atoms with Gasteiger partial charge in [-0.3, -0.25) is 0 Å². The van der Waals surface area contributed by atoms with E-state index in [4.69, 9.17) is 9.47 Å². The maximum atomic E-state index is 5.37. The number of methoxy groups -OCH3 is 2. The molecular weight excluding hydrogens is 216 g/mol. The minimum Gasteiger partial charge on any atom is -0.382 e. The molecule has 4 atom stereocenters. The Morgan fingerprint density at radius 1 is 1.35 bits per heavy atom. The fourth-order valence-corrected chi connectivity index (χ4v) is 2.50. The van der Waals surface area contributed by atoms with Gasteiger partial charge >= 0.3 is 0 Å². The highest BCUT2D eigenvalue weighted by Crippen LogP contribution is 2.20. The number of nitrogens with zero attached hydrogens (tertiary/aromatic N) is 1. The first-order valence-corrected chi connectivity index (χ1v) is 6.53. The van der Waals surface area contributed by atoms with Crippen molar-refractivity contribution in [3.8, 4) is 0 Å². The van der Waals surface area contributed by atoms with E-state index in [0.29, 0.717) is 24.6 Å². The second-order valence-electron chi connectivity index (χ2n) is 5.33. The summed E-state index contributed by atoms with van der Waals surface area (Å²) < 4.78 is 10.5. The second-order valence-corrected chi connectivity index (χ2v) is 5.33. The molecule has 17 heavy (non-hydrogen) atoms. The van der Waals surface area contributed by atoms with E-state index in [1.54, 1.807) is 14.2 Å². The molecule has 0 aromatic rings. The Kier molecular flexibility index (Phi) is 6.41. The highest BCUT2D eigenvalue weighted by molar-refractivity contribution is 4.86. The maximum absolute atomic E-state index is 5.37. The molecule has 1 fully saturated rings. The molecule has 0 bridgehead atoms. The number of likely N-dealkylation sites (tertiary alicyclic amines) is 1. The van der Waals surface area contributed by atoms with E-state index >= 15 is 0 Å². The lowest BCUT2D eigenvalue weighted by Gasteiger charge is -2.40. The Labute approximate surface area is 106 Å². The lowest BCUT2D eigenvalue weighted by molar-refractivity contribution is 0.0223. The van der Waals surface area contributed by atoms with Crippen LogP contribution in [0.15, 0.2) is 0 Å². The van der Waals surface area contributed by atoms with Crippen molar-refractivity contribution in [2.24, 2.45) is 5.92 Å². The van der Waals surface area contributed by atoms with Crippen LogP contribution < -0.4 is 5.32 Å². The number of nitrogens with one attached hydrogen (secondary N) is 1. The van der Waals surface area contributed by atoms with E-state index in [2.05, 4.69) is 31.1 Å². The van der Waals surface area contributed by atoms with Crippen molar-refractivity contribution in [2.75, 3.05) is 41.0 Å². The molecule has 0 radical (unpaired) electrons. The highest BCUT2D eigenvalue weighted by atomic mass is 16.5. The van der Waals surface area contributed by atoms with Gasteiger partial charge in [-0.05, 0) is 26.3 Å². The number of ether oxygens (including phenoxy) is 2. The van der Waals surface area contributed by atoms with Gasteiger partial charge in [0.1, 0.15) is 0 Å².